The summed E-state index contributed by atoms with van der Waals surface area (Å²) in [5.41, 5.74) is 0. The fourth-order valence-electron chi connectivity index (χ4n) is 2.78. The van der Waals surface area contributed by atoms with Crippen LogP contribution < -0.4 is 0 Å². The third-order valence-corrected chi connectivity index (χ3v) is 4.14. The zero-order valence-electron chi connectivity index (χ0n) is 12.7. The van der Waals surface area contributed by atoms with Crippen molar-refractivity contribution in [3.05, 3.63) is 0 Å². The standard InChI is InChI=1S/C14H27N3O3/c1-15-5-7-16(8-6-15)4-3-14(18)17-9-10-20-12-13(17)11-19-2/h13H,3-12H2,1-2H3. The molecular formula is C14H27N3O3. The summed E-state index contributed by atoms with van der Waals surface area (Å²) in [7, 11) is 3.81. The molecule has 0 aromatic rings. The molecule has 116 valence electrons. The van der Waals surface area contributed by atoms with E-state index in [0.717, 1.165) is 32.7 Å². The fourth-order valence-corrected chi connectivity index (χ4v) is 2.78. The molecule has 0 saturated carbocycles. The molecule has 0 bridgehead atoms. The minimum absolute atomic E-state index is 0.0775. The average molecular weight is 285 g/mol. The molecule has 20 heavy (non-hydrogen) atoms. The van der Waals surface area contributed by atoms with Gasteiger partial charge in [-0.25, -0.2) is 0 Å². The maximum Gasteiger partial charge on any atom is 0.224 e. The summed E-state index contributed by atoms with van der Waals surface area (Å²) in [5, 5.41) is 0. The van der Waals surface area contributed by atoms with Crippen LogP contribution in [-0.4, -0.2) is 99.9 Å². The first-order chi connectivity index (χ1) is 9.70. The molecule has 1 atom stereocenters. The summed E-state index contributed by atoms with van der Waals surface area (Å²) in [6.07, 6.45) is 0.601. The molecule has 2 fully saturated rings. The van der Waals surface area contributed by atoms with Gasteiger partial charge in [-0.15, -0.1) is 0 Å². The lowest BCUT2D eigenvalue weighted by molar-refractivity contribution is -0.142. The van der Waals surface area contributed by atoms with E-state index >= 15 is 0 Å². The molecule has 6 heteroatoms. The van der Waals surface area contributed by atoms with Gasteiger partial charge in [0.05, 0.1) is 25.9 Å². The molecule has 1 unspecified atom stereocenters. The van der Waals surface area contributed by atoms with Crippen molar-refractivity contribution in [3.63, 3.8) is 0 Å². The van der Waals surface area contributed by atoms with Crippen molar-refractivity contribution in [2.45, 2.75) is 12.5 Å². The maximum atomic E-state index is 12.4. The van der Waals surface area contributed by atoms with Crippen molar-refractivity contribution in [1.82, 2.24) is 14.7 Å². The molecule has 2 aliphatic rings. The highest BCUT2D eigenvalue weighted by molar-refractivity contribution is 5.76. The second-order valence-electron chi connectivity index (χ2n) is 5.67. The molecule has 2 rings (SSSR count). The molecule has 1 amide bonds. The predicted molar refractivity (Wildman–Crippen MR) is 76.8 cm³/mol. The predicted octanol–water partition coefficient (Wildman–Crippen LogP) is -0.502. The summed E-state index contributed by atoms with van der Waals surface area (Å²) in [6.45, 7) is 7.66. The smallest absolute Gasteiger partial charge is 0.224 e. The average Bonchev–Trinajstić information content (AvgIpc) is 2.47. The number of likely N-dealkylation sites (N-methyl/N-ethyl adjacent to an activating group) is 1. The number of nitrogens with zero attached hydrogens (tertiary/aromatic N) is 3. The molecular weight excluding hydrogens is 258 g/mol. The van der Waals surface area contributed by atoms with Crippen molar-refractivity contribution in [1.29, 1.82) is 0 Å². The van der Waals surface area contributed by atoms with E-state index in [1.807, 2.05) is 4.90 Å². The lowest BCUT2D eigenvalue weighted by Crippen LogP contribution is -2.52. The summed E-state index contributed by atoms with van der Waals surface area (Å²) < 4.78 is 10.6. The number of ether oxygens (including phenoxy) is 2. The van der Waals surface area contributed by atoms with E-state index in [-0.39, 0.29) is 11.9 Å². The highest BCUT2D eigenvalue weighted by Gasteiger charge is 2.27. The molecule has 6 nitrogen and oxygen atoms in total. The van der Waals surface area contributed by atoms with Crippen LogP contribution in [-0.2, 0) is 14.3 Å². The zero-order valence-corrected chi connectivity index (χ0v) is 12.7. The van der Waals surface area contributed by atoms with Crippen molar-refractivity contribution in [3.8, 4) is 0 Å². The zero-order chi connectivity index (χ0) is 14.4. The maximum absolute atomic E-state index is 12.4. The van der Waals surface area contributed by atoms with Gasteiger partial charge in [0.1, 0.15) is 0 Å². The van der Waals surface area contributed by atoms with Gasteiger partial charge >= 0.3 is 0 Å². The van der Waals surface area contributed by atoms with Crippen molar-refractivity contribution in [2.75, 3.05) is 73.2 Å². The SMILES string of the molecule is COCC1COCCN1C(=O)CCN1CCN(C)CC1. The van der Waals surface area contributed by atoms with Gasteiger partial charge in [0.25, 0.3) is 0 Å². The first kappa shape index (κ1) is 15.7. The quantitative estimate of drug-likeness (QED) is 0.681. The van der Waals surface area contributed by atoms with Crippen LogP contribution in [0.2, 0.25) is 0 Å². The number of piperazine rings is 1. The van der Waals surface area contributed by atoms with Crippen LogP contribution >= 0.6 is 0 Å². The first-order valence-electron chi connectivity index (χ1n) is 7.47. The van der Waals surface area contributed by atoms with Crippen LogP contribution in [0.4, 0.5) is 0 Å². The van der Waals surface area contributed by atoms with E-state index in [0.29, 0.717) is 32.8 Å². The third-order valence-electron chi connectivity index (χ3n) is 4.14. The van der Waals surface area contributed by atoms with Gasteiger partial charge in [0.2, 0.25) is 5.91 Å². The minimum Gasteiger partial charge on any atom is -0.382 e. The Morgan fingerprint density at radius 1 is 1.25 bits per heavy atom. The summed E-state index contributed by atoms with van der Waals surface area (Å²) in [5.74, 6) is 0.231. The van der Waals surface area contributed by atoms with Gasteiger partial charge < -0.3 is 24.2 Å². The number of methoxy groups -OCH3 is 1. The van der Waals surface area contributed by atoms with Crippen LogP contribution in [0.1, 0.15) is 6.42 Å². The van der Waals surface area contributed by atoms with E-state index in [9.17, 15) is 4.79 Å². The Kier molecular flexibility index (Phi) is 6.22. The molecule has 2 heterocycles. The van der Waals surface area contributed by atoms with Gasteiger partial charge in [-0.1, -0.05) is 0 Å². The van der Waals surface area contributed by atoms with Crippen LogP contribution in [0.5, 0.6) is 0 Å². The fraction of sp³-hybridized carbons (Fsp3) is 0.929. The number of hydrogen-bond donors (Lipinski definition) is 0. The Balaban J connectivity index is 1.75. The highest BCUT2D eigenvalue weighted by atomic mass is 16.5. The van der Waals surface area contributed by atoms with E-state index in [2.05, 4.69) is 16.8 Å². The summed E-state index contributed by atoms with van der Waals surface area (Å²) >= 11 is 0. The number of amides is 1. The van der Waals surface area contributed by atoms with E-state index in [1.165, 1.54) is 0 Å². The second kappa shape index (κ2) is 7.93. The molecule has 0 aromatic heterocycles. The summed E-state index contributed by atoms with van der Waals surface area (Å²) in [6, 6.07) is 0.0775. The Morgan fingerprint density at radius 2 is 2.00 bits per heavy atom. The lowest BCUT2D eigenvalue weighted by atomic mass is 10.2. The molecule has 0 radical (unpaired) electrons. The Hall–Kier alpha value is -0.690. The van der Waals surface area contributed by atoms with Gasteiger partial charge in [-0.3, -0.25) is 4.79 Å². The highest BCUT2D eigenvalue weighted by Crippen LogP contribution is 2.10. The molecule has 2 saturated heterocycles. The van der Waals surface area contributed by atoms with Gasteiger partial charge in [-0.05, 0) is 7.05 Å². The Labute approximate surface area is 121 Å². The molecule has 0 aliphatic carbocycles. The molecule has 0 aromatic carbocycles. The van der Waals surface area contributed by atoms with Crippen molar-refractivity contribution < 1.29 is 14.3 Å². The van der Waals surface area contributed by atoms with Crippen LogP contribution in [0.15, 0.2) is 0 Å². The topological polar surface area (TPSA) is 45.3 Å². The number of rotatable bonds is 5. The van der Waals surface area contributed by atoms with Crippen LogP contribution in [0.3, 0.4) is 0 Å². The van der Waals surface area contributed by atoms with Gasteiger partial charge in [-0.2, -0.15) is 0 Å². The van der Waals surface area contributed by atoms with Crippen molar-refractivity contribution in [2.24, 2.45) is 0 Å². The van der Waals surface area contributed by atoms with Gasteiger partial charge in [0, 0.05) is 52.8 Å². The molecule has 2 aliphatic heterocycles. The van der Waals surface area contributed by atoms with Crippen LogP contribution in [0.25, 0.3) is 0 Å². The van der Waals surface area contributed by atoms with Gasteiger partial charge in [0.15, 0.2) is 0 Å². The normalized spacial score (nSPS) is 25.9. The molecule has 0 spiro atoms. The first-order valence-corrected chi connectivity index (χ1v) is 7.47. The van der Waals surface area contributed by atoms with Crippen molar-refractivity contribution >= 4 is 5.91 Å². The number of carbonyl (C=O) groups excluding carboxylic acids is 1. The van der Waals surface area contributed by atoms with E-state index in [4.69, 9.17) is 9.47 Å². The van der Waals surface area contributed by atoms with E-state index in [1.54, 1.807) is 7.11 Å². The molecule has 0 N–H and O–H groups in total. The Morgan fingerprint density at radius 3 is 2.70 bits per heavy atom. The number of hydrogen-bond acceptors (Lipinski definition) is 5. The minimum atomic E-state index is 0.0775. The number of carbonyl (C=O) groups is 1. The third kappa shape index (κ3) is 4.41. The summed E-state index contributed by atoms with van der Waals surface area (Å²) in [4.78, 5) is 19.0. The largest absolute Gasteiger partial charge is 0.382 e. The Bertz CT molecular complexity index is 304. The van der Waals surface area contributed by atoms with Crippen LogP contribution in [0, 0.1) is 0 Å². The monoisotopic (exact) mass is 285 g/mol. The second-order valence-corrected chi connectivity index (χ2v) is 5.67. The van der Waals surface area contributed by atoms with E-state index < -0.39 is 0 Å². The lowest BCUT2D eigenvalue weighted by Gasteiger charge is -2.36. The number of morpholine rings is 1.